The van der Waals surface area contributed by atoms with Crippen molar-refractivity contribution < 1.29 is 19.0 Å². The van der Waals surface area contributed by atoms with Crippen molar-refractivity contribution in [2.75, 3.05) is 34.7 Å². The van der Waals surface area contributed by atoms with E-state index in [1.807, 2.05) is 18.2 Å². The summed E-state index contributed by atoms with van der Waals surface area (Å²) in [4.78, 5) is 24.9. The van der Waals surface area contributed by atoms with Gasteiger partial charge in [0.2, 0.25) is 11.7 Å². The van der Waals surface area contributed by atoms with Crippen LogP contribution in [0.1, 0.15) is 30.5 Å². The quantitative estimate of drug-likeness (QED) is 0.739. The molecule has 1 N–H and O–H groups in total. The fourth-order valence-electron chi connectivity index (χ4n) is 4.07. The van der Waals surface area contributed by atoms with Gasteiger partial charge in [-0.3, -0.25) is 9.59 Å². The number of carbonyl (C=O) groups is 1. The molecular weight excluding hydrogens is 401 g/mol. The van der Waals surface area contributed by atoms with E-state index in [1.54, 1.807) is 27.4 Å². The van der Waals surface area contributed by atoms with Crippen LogP contribution in [-0.4, -0.2) is 40.6 Å². The van der Waals surface area contributed by atoms with Crippen molar-refractivity contribution in [1.29, 1.82) is 0 Å². The third kappa shape index (κ3) is 4.01. The molecular formula is C23H28NO5P. The molecule has 0 spiro atoms. The molecule has 30 heavy (non-hydrogen) atoms. The van der Waals surface area contributed by atoms with Crippen LogP contribution in [0.5, 0.6) is 17.2 Å². The van der Waals surface area contributed by atoms with E-state index in [4.69, 9.17) is 14.2 Å². The first-order chi connectivity index (χ1) is 14.3. The van der Waals surface area contributed by atoms with E-state index < -0.39 is 7.92 Å². The maximum Gasteiger partial charge on any atom is 0.217 e. The second-order valence-electron chi connectivity index (χ2n) is 7.46. The second kappa shape index (κ2) is 9.05. The Balaban J connectivity index is 2.43. The Morgan fingerprint density at radius 1 is 1.07 bits per heavy atom. The Kier molecular flexibility index (Phi) is 6.67. The number of amides is 1. The van der Waals surface area contributed by atoms with Crippen LogP contribution >= 0.6 is 7.92 Å². The van der Waals surface area contributed by atoms with Crippen LogP contribution in [-0.2, 0) is 11.2 Å². The molecule has 0 radical (unpaired) electrons. The number of benzene rings is 1. The van der Waals surface area contributed by atoms with E-state index in [1.165, 1.54) is 6.92 Å². The summed E-state index contributed by atoms with van der Waals surface area (Å²) in [6.07, 6.45) is 1.34. The van der Waals surface area contributed by atoms with Crippen LogP contribution < -0.4 is 30.3 Å². The zero-order valence-electron chi connectivity index (χ0n) is 18.3. The molecule has 0 aliphatic heterocycles. The van der Waals surface area contributed by atoms with Crippen molar-refractivity contribution in [3.63, 3.8) is 0 Å². The predicted octanol–water partition coefficient (Wildman–Crippen LogP) is 3.23. The molecule has 1 aliphatic rings. The molecule has 0 aromatic heterocycles. The lowest BCUT2D eigenvalue weighted by Gasteiger charge is -2.19. The maximum absolute atomic E-state index is 13.0. The average molecular weight is 429 g/mol. The molecule has 2 aromatic carbocycles. The Labute approximate surface area is 178 Å². The van der Waals surface area contributed by atoms with Gasteiger partial charge in [0.25, 0.3) is 0 Å². The van der Waals surface area contributed by atoms with Gasteiger partial charge >= 0.3 is 0 Å². The number of rotatable bonds is 5. The highest BCUT2D eigenvalue weighted by molar-refractivity contribution is 7.64. The molecule has 1 atom stereocenters. The summed E-state index contributed by atoms with van der Waals surface area (Å²) in [6, 6.07) is 7.23. The van der Waals surface area contributed by atoms with Crippen molar-refractivity contribution in [1.82, 2.24) is 5.32 Å². The summed E-state index contributed by atoms with van der Waals surface area (Å²) < 4.78 is 16.9. The van der Waals surface area contributed by atoms with Gasteiger partial charge in [-0.2, -0.15) is 0 Å². The topological polar surface area (TPSA) is 73.9 Å². The fourth-order valence-corrected chi connectivity index (χ4v) is 4.95. The third-order valence-corrected chi connectivity index (χ3v) is 6.71. The minimum atomic E-state index is -0.577. The van der Waals surface area contributed by atoms with Crippen molar-refractivity contribution >= 4 is 19.1 Å². The monoisotopic (exact) mass is 429 g/mol. The van der Waals surface area contributed by atoms with E-state index in [0.717, 1.165) is 27.6 Å². The SMILES string of the molecule is COc1cc2c(c(OC)c1OC)-c1ccc(P(C)C)c(=O)cc1C(NC(C)=O)CC2. The lowest BCUT2D eigenvalue weighted by molar-refractivity contribution is -0.119. The van der Waals surface area contributed by atoms with Crippen LogP contribution in [0.2, 0.25) is 0 Å². The smallest absolute Gasteiger partial charge is 0.217 e. The zero-order valence-corrected chi connectivity index (χ0v) is 19.2. The lowest BCUT2D eigenvalue weighted by Crippen LogP contribution is -2.27. The molecule has 1 amide bonds. The Morgan fingerprint density at radius 2 is 1.77 bits per heavy atom. The van der Waals surface area contributed by atoms with Crippen LogP contribution in [0.4, 0.5) is 0 Å². The van der Waals surface area contributed by atoms with Crippen LogP contribution in [0.3, 0.4) is 0 Å². The molecule has 0 fully saturated rings. The van der Waals surface area contributed by atoms with E-state index in [9.17, 15) is 9.59 Å². The summed E-state index contributed by atoms with van der Waals surface area (Å²) in [5.74, 6) is 1.52. The highest BCUT2D eigenvalue weighted by atomic mass is 31.1. The van der Waals surface area contributed by atoms with Gasteiger partial charge in [-0.1, -0.05) is 20.1 Å². The van der Waals surface area contributed by atoms with Gasteiger partial charge < -0.3 is 19.5 Å². The summed E-state index contributed by atoms with van der Waals surface area (Å²) >= 11 is 0. The van der Waals surface area contributed by atoms with Gasteiger partial charge in [0, 0.05) is 17.8 Å². The number of methoxy groups -OCH3 is 3. The minimum Gasteiger partial charge on any atom is -0.493 e. The minimum absolute atomic E-state index is 0.00870. The molecule has 0 saturated heterocycles. The van der Waals surface area contributed by atoms with E-state index >= 15 is 0 Å². The molecule has 6 nitrogen and oxygen atoms in total. The van der Waals surface area contributed by atoms with E-state index in [-0.39, 0.29) is 17.4 Å². The second-order valence-corrected chi connectivity index (χ2v) is 9.73. The van der Waals surface area contributed by atoms with E-state index in [2.05, 4.69) is 18.6 Å². The normalized spacial score (nSPS) is 15.0. The first-order valence-electron chi connectivity index (χ1n) is 9.77. The van der Waals surface area contributed by atoms with Gasteiger partial charge in [0.05, 0.1) is 27.4 Å². The van der Waals surface area contributed by atoms with Crippen LogP contribution in [0, 0.1) is 0 Å². The molecule has 0 bridgehead atoms. The van der Waals surface area contributed by atoms with Gasteiger partial charge in [-0.25, -0.2) is 0 Å². The Bertz CT molecular complexity index is 1030. The first-order valence-corrected chi connectivity index (χ1v) is 12.0. The number of hydrogen-bond donors (Lipinski definition) is 1. The molecule has 0 heterocycles. The highest BCUT2D eigenvalue weighted by Crippen LogP contribution is 2.50. The number of fused-ring (bicyclic) bond motifs is 3. The molecule has 7 heteroatoms. The van der Waals surface area contributed by atoms with Crippen molar-refractivity contribution in [3.8, 4) is 28.4 Å². The average Bonchev–Trinajstić information content (AvgIpc) is 2.95. The number of nitrogens with one attached hydrogen (secondary N) is 1. The number of carbonyl (C=O) groups excluding carboxylic acids is 1. The zero-order chi connectivity index (χ0) is 22.0. The standard InChI is InChI=1S/C23H28NO5P/c1-13(25)24-17-9-7-14-11-19(27-2)22(28-3)23(29-4)21(14)15-8-10-20(30(5)6)18(26)12-16(15)17/h8,10-12,17H,7,9H2,1-6H3,(H,24,25). The maximum atomic E-state index is 13.0. The molecule has 160 valence electrons. The van der Waals surface area contributed by atoms with Crippen molar-refractivity contribution in [3.05, 3.63) is 45.6 Å². The summed E-state index contributed by atoms with van der Waals surface area (Å²) in [5.41, 5.74) is 3.54. The highest BCUT2D eigenvalue weighted by Gasteiger charge is 2.29. The predicted molar refractivity (Wildman–Crippen MR) is 121 cm³/mol. The fraction of sp³-hybridized carbons (Fsp3) is 0.391. The van der Waals surface area contributed by atoms with Gasteiger partial charge in [0.1, 0.15) is 0 Å². The van der Waals surface area contributed by atoms with E-state index in [0.29, 0.717) is 30.1 Å². The van der Waals surface area contributed by atoms with Crippen LogP contribution in [0.15, 0.2) is 29.1 Å². The largest absolute Gasteiger partial charge is 0.493 e. The molecule has 1 aliphatic carbocycles. The van der Waals surface area contributed by atoms with Crippen molar-refractivity contribution in [2.45, 2.75) is 25.8 Å². The summed E-state index contributed by atoms with van der Waals surface area (Å²) in [5, 5.41) is 3.81. The summed E-state index contributed by atoms with van der Waals surface area (Å²) in [6.45, 7) is 5.62. The Morgan fingerprint density at radius 3 is 2.33 bits per heavy atom. The number of ether oxygens (including phenoxy) is 3. The third-order valence-electron chi connectivity index (χ3n) is 5.38. The molecule has 2 aromatic rings. The molecule has 0 saturated carbocycles. The Hall–Kier alpha value is -2.59. The lowest BCUT2D eigenvalue weighted by atomic mass is 9.95. The van der Waals surface area contributed by atoms with Gasteiger partial charge in [-0.05, 0) is 55.0 Å². The number of hydrogen-bond acceptors (Lipinski definition) is 5. The summed E-state index contributed by atoms with van der Waals surface area (Å²) in [7, 11) is 4.19. The van der Waals surface area contributed by atoms with Crippen LogP contribution in [0.25, 0.3) is 11.1 Å². The van der Waals surface area contributed by atoms with Crippen molar-refractivity contribution in [2.24, 2.45) is 0 Å². The molecule has 3 rings (SSSR count). The van der Waals surface area contributed by atoms with Gasteiger partial charge in [0.15, 0.2) is 16.9 Å². The van der Waals surface area contributed by atoms with Gasteiger partial charge in [-0.15, -0.1) is 0 Å². The molecule has 1 unspecified atom stereocenters. The number of aryl methyl sites for hydroxylation is 1. The first kappa shape index (κ1) is 22.1.